The van der Waals surface area contributed by atoms with Crippen molar-refractivity contribution in [2.24, 2.45) is 0 Å². The van der Waals surface area contributed by atoms with E-state index >= 15 is 0 Å². The van der Waals surface area contributed by atoms with E-state index in [2.05, 4.69) is 0 Å². The molecule has 0 spiro atoms. The van der Waals surface area contributed by atoms with Gasteiger partial charge < -0.3 is 10.5 Å². The highest BCUT2D eigenvalue weighted by atomic mass is 35.5. The van der Waals surface area contributed by atoms with Gasteiger partial charge in [-0.1, -0.05) is 35.3 Å². The molecule has 2 N–H and O–H groups in total. The summed E-state index contributed by atoms with van der Waals surface area (Å²) < 4.78 is 18.7. The Morgan fingerprint density at radius 1 is 1.11 bits per heavy atom. The quantitative estimate of drug-likeness (QED) is 0.854. The summed E-state index contributed by atoms with van der Waals surface area (Å²) >= 11 is 11.4. The molecule has 0 radical (unpaired) electrons. The van der Waals surface area contributed by atoms with Crippen molar-refractivity contribution in [2.45, 2.75) is 6.61 Å². The number of benzene rings is 2. The van der Waals surface area contributed by atoms with E-state index in [9.17, 15) is 4.39 Å². The van der Waals surface area contributed by atoms with Crippen molar-refractivity contribution >= 4 is 28.9 Å². The Morgan fingerprint density at radius 2 is 1.78 bits per heavy atom. The van der Waals surface area contributed by atoms with E-state index in [-0.39, 0.29) is 17.4 Å². The van der Waals surface area contributed by atoms with Gasteiger partial charge in [-0.15, -0.1) is 0 Å². The third kappa shape index (κ3) is 3.06. The van der Waals surface area contributed by atoms with Crippen LogP contribution >= 0.6 is 23.2 Å². The molecule has 0 saturated heterocycles. The fourth-order valence-electron chi connectivity index (χ4n) is 1.41. The predicted octanol–water partition coefficient (Wildman–Crippen LogP) is 4.29. The highest BCUT2D eigenvalue weighted by Crippen LogP contribution is 2.28. The molecule has 0 fully saturated rings. The molecule has 18 heavy (non-hydrogen) atoms. The maximum atomic E-state index is 13.3. The van der Waals surface area contributed by atoms with Crippen molar-refractivity contribution in [3.8, 4) is 5.75 Å². The molecule has 2 nitrogen and oxygen atoms in total. The average Bonchev–Trinajstić information content (AvgIpc) is 2.34. The van der Waals surface area contributed by atoms with Crippen molar-refractivity contribution in [2.75, 3.05) is 5.73 Å². The van der Waals surface area contributed by atoms with Gasteiger partial charge in [0.1, 0.15) is 18.2 Å². The van der Waals surface area contributed by atoms with Gasteiger partial charge in [0.05, 0.1) is 10.7 Å². The molecule has 0 aliphatic carbocycles. The Morgan fingerprint density at radius 3 is 2.44 bits per heavy atom. The number of ether oxygens (including phenoxy) is 1. The molecule has 5 heteroatoms. The highest BCUT2D eigenvalue weighted by molar-refractivity contribution is 6.31. The van der Waals surface area contributed by atoms with Crippen LogP contribution in [0.1, 0.15) is 5.56 Å². The summed E-state index contributed by atoms with van der Waals surface area (Å²) in [5, 5.41) is 0.627. The number of hydrogen-bond acceptors (Lipinski definition) is 2. The minimum atomic E-state index is -0.558. The topological polar surface area (TPSA) is 35.2 Å². The SMILES string of the molecule is Nc1cc(Cl)c(F)cc1OCc1ccc(Cl)cc1. The Kier molecular flexibility index (Phi) is 3.94. The normalized spacial score (nSPS) is 10.4. The van der Waals surface area contributed by atoms with Crippen LogP contribution in [0.5, 0.6) is 5.75 Å². The lowest BCUT2D eigenvalue weighted by Crippen LogP contribution is -1.99. The average molecular weight is 286 g/mol. The van der Waals surface area contributed by atoms with Gasteiger partial charge in [-0.3, -0.25) is 0 Å². The highest BCUT2D eigenvalue weighted by Gasteiger charge is 2.07. The van der Waals surface area contributed by atoms with E-state index in [1.165, 1.54) is 12.1 Å². The minimum absolute atomic E-state index is 0.0219. The first-order valence-corrected chi connectivity index (χ1v) is 5.93. The van der Waals surface area contributed by atoms with Gasteiger partial charge in [0, 0.05) is 11.1 Å². The van der Waals surface area contributed by atoms with Crippen LogP contribution in [0.2, 0.25) is 10.0 Å². The summed E-state index contributed by atoms with van der Waals surface area (Å²) in [6, 6.07) is 9.66. The smallest absolute Gasteiger partial charge is 0.145 e. The van der Waals surface area contributed by atoms with Crippen LogP contribution in [-0.2, 0) is 6.61 Å². The van der Waals surface area contributed by atoms with Crippen LogP contribution in [0.4, 0.5) is 10.1 Å². The van der Waals surface area contributed by atoms with Gasteiger partial charge in [-0.05, 0) is 23.8 Å². The number of rotatable bonds is 3. The minimum Gasteiger partial charge on any atom is -0.487 e. The summed E-state index contributed by atoms with van der Waals surface area (Å²) in [5.74, 6) is -0.288. The first-order chi connectivity index (χ1) is 8.56. The number of halogens is 3. The summed E-state index contributed by atoms with van der Waals surface area (Å²) in [4.78, 5) is 0. The van der Waals surface area contributed by atoms with Crippen LogP contribution in [0.25, 0.3) is 0 Å². The van der Waals surface area contributed by atoms with Crippen LogP contribution in [0.3, 0.4) is 0 Å². The summed E-state index contributed by atoms with van der Waals surface area (Å²) in [7, 11) is 0. The molecule has 0 bridgehead atoms. The van der Waals surface area contributed by atoms with E-state index in [4.69, 9.17) is 33.7 Å². The summed E-state index contributed by atoms with van der Waals surface area (Å²) in [6.45, 7) is 0.280. The lowest BCUT2D eigenvalue weighted by molar-refractivity contribution is 0.306. The Labute approximate surface area is 114 Å². The van der Waals surface area contributed by atoms with Crippen LogP contribution in [0, 0.1) is 5.82 Å². The van der Waals surface area contributed by atoms with Crippen molar-refractivity contribution in [1.29, 1.82) is 0 Å². The van der Waals surface area contributed by atoms with Crippen LogP contribution in [-0.4, -0.2) is 0 Å². The molecule has 0 aliphatic rings. The van der Waals surface area contributed by atoms with Crippen molar-refractivity contribution < 1.29 is 9.13 Å². The van der Waals surface area contributed by atoms with Crippen molar-refractivity contribution in [3.63, 3.8) is 0 Å². The third-order valence-electron chi connectivity index (χ3n) is 2.36. The molecule has 2 rings (SSSR count). The number of nitrogen functional groups attached to an aromatic ring is 1. The van der Waals surface area contributed by atoms with E-state index in [0.717, 1.165) is 5.56 Å². The van der Waals surface area contributed by atoms with Gasteiger partial charge in [-0.25, -0.2) is 4.39 Å². The zero-order valence-corrected chi connectivity index (χ0v) is 10.8. The maximum absolute atomic E-state index is 13.3. The molecule has 94 valence electrons. The lowest BCUT2D eigenvalue weighted by atomic mass is 10.2. The largest absolute Gasteiger partial charge is 0.487 e. The number of hydrogen-bond donors (Lipinski definition) is 1. The van der Waals surface area contributed by atoms with Gasteiger partial charge in [-0.2, -0.15) is 0 Å². The standard InChI is InChI=1S/C13H10Cl2FNO/c14-9-3-1-8(2-4-9)7-18-13-6-11(16)10(15)5-12(13)17/h1-6H,7,17H2. The fourth-order valence-corrected chi connectivity index (χ4v) is 1.71. The van der Waals surface area contributed by atoms with E-state index in [1.807, 2.05) is 12.1 Å². The molecule has 0 unspecified atom stereocenters. The molecule has 0 saturated carbocycles. The number of anilines is 1. The van der Waals surface area contributed by atoms with Gasteiger partial charge in [0.15, 0.2) is 0 Å². The van der Waals surface area contributed by atoms with E-state index in [0.29, 0.717) is 10.7 Å². The summed E-state index contributed by atoms with van der Waals surface area (Å²) in [6.07, 6.45) is 0. The zero-order valence-electron chi connectivity index (χ0n) is 9.29. The first-order valence-electron chi connectivity index (χ1n) is 5.18. The predicted molar refractivity (Wildman–Crippen MR) is 71.6 cm³/mol. The zero-order chi connectivity index (χ0) is 13.1. The molecule has 0 heterocycles. The van der Waals surface area contributed by atoms with E-state index < -0.39 is 5.82 Å². The third-order valence-corrected chi connectivity index (χ3v) is 2.90. The molecule has 0 aliphatic heterocycles. The van der Waals surface area contributed by atoms with Crippen molar-refractivity contribution in [1.82, 2.24) is 0 Å². The molecular weight excluding hydrogens is 276 g/mol. The Bertz CT molecular complexity index is 558. The second-order valence-electron chi connectivity index (χ2n) is 3.72. The van der Waals surface area contributed by atoms with E-state index in [1.54, 1.807) is 12.1 Å². The Balaban J connectivity index is 2.10. The molecule has 0 aromatic heterocycles. The first kappa shape index (κ1) is 13.0. The van der Waals surface area contributed by atoms with Gasteiger partial charge in [0.2, 0.25) is 0 Å². The van der Waals surface area contributed by atoms with Gasteiger partial charge >= 0.3 is 0 Å². The Hall–Kier alpha value is -1.45. The fraction of sp³-hybridized carbons (Fsp3) is 0.0769. The van der Waals surface area contributed by atoms with Crippen LogP contribution < -0.4 is 10.5 Å². The molecule has 0 atom stereocenters. The van der Waals surface area contributed by atoms with Crippen LogP contribution in [0.15, 0.2) is 36.4 Å². The monoisotopic (exact) mass is 285 g/mol. The molecule has 0 amide bonds. The summed E-state index contributed by atoms with van der Waals surface area (Å²) in [5.41, 5.74) is 6.89. The lowest BCUT2D eigenvalue weighted by Gasteiger charge is -2.09. The number of nitrogens with two attached hydrogens (primary N) is 1. The maximum Gasteiger partial charge on any atom is 0.145 e. The van der Waals surface area contributed by atoms with Gasteiger partial charge in [0.25, 0.3) is 0 Å². The second-order valence-corrected chi connectivity index (χ2v) is 4.56. The molecule has 2 aromatic rings. The molecular formula is C13H10Cl2FNO. The van der Waals surface area contributed by atoms with Crippen molar-refractivity contribution in [3.05, 3.63) is 57.8 Å². The second kappa shape index (κ2) is 5.46. The molecule has 2 aromatic carbocycles.